The average Bonchev–Trinajstić information content (AvgIpc) is 2.07. The number of hydrogen-bond donors (Lipinski definition) is 1. The maximum Gasteiger partial charge on any atom is 0.302 e. The minimum atomic E-state index is -0.269. The first-order chi connectivity index (χ1) is 6.09. The lowest BCUT2D eigenvalue weighted by Gasteiger charge is -2.04. The Hall–Kier alpha value is -1.51. The van der Waals surface area contributed by atoms with Crippen LogP contribution in [-0.4, -0.2) is 5.97 Å². The van der Waals surface area contributed by atoms with Gasteiger partial charge in [-0.25, -0.2) is 0 Å². The van der Waals surface area contributed by atoms with Gasteiger partial charge in [0.2, 0.25) is 0 Å². The van der Waals surface area contributed by atoms with Gasteiger partial charge in [-0.2, -0.15) is 0 Å². The maximum atomic E-state index is 10.5. The zero-order valence-electron chi connectivity index (χ0n) is 7.83. The zero-order valence-corrected chi connectivity index (χ0v) is 7.83. The van der Waals surface area contributed by atoms with Gasteiger partial charge < -0.3 is 10.5 Å². The summed E-state index contributed by atoms with van der Waals surface area (Å²) in [6.07, 6.45) is 0. The van der Waals surface area contributed by atoms with Crippen LogP contribution in [0.5, 0.6) is 0 Å². The summed E-state index contributed by atoms with van der Waals surface area (Å²) < 4.78 is 4.84. The fourth-order valence-corrected chi connectivity index (χ4v) is 1.01. The van der Waals surface area contributed by atoms with Gasteiger partial charge in [0.1, 0.15) is 6.61 Å². The Morgan fingerprint density at radius 1 is 1.54 bits per heavy atom. The van der Waals surface area contributed by atoms with Crippen LogP contribution in [0, 0.1) is 6.92 Å². The quantitative estimate of drug-likeness (QED) is 0.554. The molecule has 3 nitrogen and oxygen atoms in total. The SMILES string of the molecule is CC(=O)OCc1ccc(N)c(C)c1. The number of nitrogen functional groups attached to an aromatic ring is 1. The van der Waals surface area contributed by atoms with E-state index in [-0.39, 0.29) is 5.97 Å². The van der Waals surface area contributed by atoms with Crippen LogP contribution in [0.3, 0.4) is 0 Å². The molecular formula is C10H13NO2. The molecule has 0 bridgehead atoms. The van der Waals surface area contributed by atoms with Crippen molar-refractivity contribution in [3.05, 3.63) is 29.3 Å². The van der Waals surface area contributed by atoms with Crippen LogP contribution < -0.4 is 5.73 Å². The first-order valence-electron chi connectivity index (χ1n) is 4.08. The molecule has 0 aliphatic heterocycles. The summed E-state index contributed by atoms with van der Waals surface area (Å²) in [5, 5.41) is 0. The second-order valence-corrected chi connectivity index (χ2v) is 2.97. The fraction of sp³-hybridized carbons (Fsp3) is 0.300. The van der Waals surface area contributed by atoms with Gasteiger partial charge in [-0.05, 0) is 24.1 Å². The van der Waals surface area contributed by atoms with Crippen LogP contribution in [0.25, 0.3) is 0 Å². The highest BCUT2D eigenvalue weighted by Gasteiger charge is 1.98. The highest BCUT2D eigenvalue weighted by atomic mass is 16.5. The molecule has 3 heteroatoms. The molecule has 0 amide bonds. The molecule has 70 valence electrons. The second-order valence-electron chi connectivity index (χ2n) is 2.97. The van der Waals surface area contributed by atoms with E-state index in [9.17, 15) is 4.79 Å². The van der Waals surface area contributed by atoms with Crippen molar-refractivity contribution >= 4 is 11.7 Å². The monoisotopic (exact) mass is 179 g/mol. The molecule has 13 heavy (non-hydrogen) atoms. The number of rotatable bonds is 2. The molecule has 0 fully saturated rings. The summed E-state index contributed by atoms with van der Waals surface area (Å²) in [6.45, 7) is 3.63. The summed E-state index contributed by atoms with van der Waals surface area (Å²) in [6, 6.07) is 5.58. The number of carbonyl (C=O) groups is 1. The summed E-state index contributed by atoms with van der Waals surface area (Å²) in [7, 11) is 0. The van der Waals surface area contributed by atoms with Crippen molar-refractivity contribution in [2.75, 3.05) is 5.73 Å². The molecular weight excluding hydrogens is 166 g/mol. The van der Waals surface area contributed by atoms with Crippen molar-refractivity contribution in [2.45, 2.75) is 20.5 Å². The predicted molar refractivity (Wildman–Crippen MR) is 51.1 cm³/mol. The lowest BCUT2D eigenvalue weighted by Crippen LogP contribution is -1.99. The van der Waals surface area contributed by atoms with Gasteiger partial charge in [0.25, 0.3) is 0 Å². The van der Waals surface area contributed by atoms with Crippen LogP contribution >= 0.6 is 0 Å². The largest absolute Gasteiger partial charge is 0.461 e. The number of ether oxygens (including phenoxy) is 1. The third kappa shape index (κ3) is 2.78. The Kier molecular flexibility index (Phi) is 2.90. The van der Waals surface area contributed by atoms with Gasteiger partial charge >= 0.3 is 5.97 Å². The van der Waals surface area contributed by atoms with Crippen LogP contribution in [0.1, 0.15) is 18.1 Å². The van der Waals surface area contributed by atoms with Gasteiger partial charge in [-0.15, -0.1) is 0 Å². The molecule has 0 aromatic heterocycles. The summed E-state index contributed by atoms with van der Waals surface area (Å²) in [5.74, 6) is -0.269. The van der Waals surface area contributed by atoms with E-state index in [4.69, 9.17) is 10.5 Å². The summed E-state index contributed by atoms with van der Waals surface area (Å²) in [4.78, 5) is 10.5. The summed E-state index contributed by atoms with van der Waals surface area (Å²) in [5.41, 5.74) is 8.36. The van der Waals surface area contributed by atoms with Crippen LogP contribution in [0.2, 0.25) is 0 Å². The van der Waals surface area contributed by atoms with Gasteiger partial charge in [0, 0.05) is 12.6 Å². The highest BCUT2D eigenvalue weighted by Crippen LogP contribution is 2.13. The minimum Gasteiger partial charge on any atom is -0.461 e. The van der Waals surface area contributed by atoms with Crippen LogP contribution in [0.15, 0.2) is 18.2 Å². The lowest BCUT2D eigenvalue weighted by molar-refractivity contribution is -0.142. The second kappa shape index (κ2) is 3.94. The number of benzene rings is 1. The lowest BCUT2D eigenvalue weighted by atomic mass is 10.1. The number of carbonyl (C=O) groups excluding carboxylic acids is 1. The van der Waals surface area contributed by atoms with E-state index in [1.54, 1.807) is 0 Å². The molecule has 0 radical (unpaired) electrons. The maximum absolute atomic E-state index is 10.5. The topological polar surface area (TPSA) is 52.3 Å². The first-order valence-corrected chi connectivity index (χ1v) is 4.08. The Labute approximate surface area is 77.5 Å². The van der Waals surface area contributed by atoms with Crippen molar-refractivity contribution < 1.29 is 9.53 Å². The normalized spacial score (nSPS) is 9.69. The molecule has 0 heterocycles. The molecule has 1 rings (SSSR count). The molecule has 0 spiro atoms. The molecule has 1 aromatic rings. The van der Waals surface area contributed by atoms with E-state index in [1.165, 1.54) is 6.92 Å². The highest BCUT2D eigenvalue weighted by molar-refractivity contribution is 5.66. The molecule has 0 aliphatic carbocycles. The van der Waals surface area contributed by atoms with E-state index in [0.717, 1.165) is 16.8 Å². The van der Waals surface area contributed by atoms with Crippen molar-refractivity contribution in [1.82, 2.24) is 0 Å². The Morgan fingerprint density at radius 2 is 2.23 bits per heavy atom. The Morgan fingerprint density at radius 3 is 2.77 bits per heavy atom. The van der Waals surface area contributed by atoms with Crippen molar-refractivity contribution in [2.24, 2.45) is 0 Å². The van der Waals surface area contributed by atoms with E-state index in [0.29, 0.717) is 6.61 Å². The van der Waals surface area contributed by atoms with E-state index in [2.05, 4.69) is 0 Å². The Bertz CT molecular complexity index is 321. The van der Waals surface area contributed by atoms with Gasteiger partial charge in [0.15, 0.2) is 0 Å². The molecule has 0 saturated carbocycles. The molecule has 2 N–H and O–H groups in total. The minimum absolute atomic E-state index is 0.269. The fourth-order valence-electron chi connectivity index (χ4n) is 1.01. The third-order valence-corrected chi connectivity index (χ3v) is 1.78. The molecule has 0 saturated heterocycles. The summed E-state index contributed by atoms with van der Waals surface area (Å²) >= 11 is 0. The van der Waals surface area contributed by atoms with Crippen molar-refractivity contribution in [3.8, 4) is 0 Å². The number of hydrogen-bond acceptors (Lipinski definition) is 3. The average molecular weight is 179 g/mol. The first kappa shape index (κ1) is 9.58. The van der Waals surface area contributed by atoms with Gasteiger partial charge in [-0.3, -0.25) is 4.79 Å². The van der Waals surface area contributed by atoms with E-state index >= 15 is 0 Å². The van der Waals surface area contributed by atoms with Gasteiger partial charge in [0.05, 0.1) is 0 Å². The van der Waals surface area contributed by atoms with E-state index in [1.807, 2.05) is 25.1 Å². The zero-order chi connectivity index (χ0) is 9.84. The molecule has 0 unspecified atom stereocenters. The third-order valence-electron chi connectivity index (χ3n) is 1.78. The molecule has 0 aliphatic rings. The Balaban J connectivity index is 2.68. The van der Waals surface area contributed by atoms with Crippen LogP contribution in [-0.2, 0) is 16.1 Å². The van der Waals surface area contributed by atoms with Crippen molar-refractivity contribution in [3.63, 3.8) is 0 Å². The number of anilines is 1. The van der Waals surface area contributed by atoms with Crippen LogP contribution in [0.4, 0.5) is 5.69 Å². The predicted octanol–water partition coefficient (Wildman–Crippen LogP) is 1.64. The number of esters is 1. The molecule has 0 atom stereocenters. The van der Waals surface area contributed by atoms with E-state index < -0.39 is 0 Å². The standard InChI is InChI=1S/C10H13NO2/c1-7-5-9(3-4-10(7)11)6-13-8(2)12/h3-5H,6,11H2,1-2H3. The smallest absolute Gasteiger partial charge is 0.302 e. The number of nitrogens with two attached hydrogens (primary N) is 1. The van der Waals surface area contributed by atoms with Crippen molar-refractivity contribution in [1.29, 1.82) is 0 Å². The van der Waals surface area contributed by atoms with Gasteiger partial charge in [-0.1, -0.05) is 12.1 Å². The molecule has 1 aromatic carbocycles. The number of aryl methyl sites for hydroxylation is 1.